The van der Waals surface area contributed by atoms with Gasteiger partial charge in [0.2, 0.25) is 10.0 Å². The number of amides is 3. The fourth-order valence-electron chi connectivity index (χ4n) is 3.52. The third-order valence-corrected chi connectivity index (χ3v) is 6.34. The van der Waals surface area contributed by atoms with Crippen LogP contribution in [0.25, 0.3) is 0 Å². The van der Waals surface area contributed by atoms with Crippen molar-refractivity contribution in [1.29, 1.82) is 0 Å². The number of rotatable bonds is 4. The van der Waals surface area contributed by atoms with Crippen molar-refractivity contribution in [2.75, 3.05) is 29.0 Å². The highest BCUT2D eigenvalue weighted by Gasteiger charge is 2.28. The summed E-state index contributed by atoms with van der Waals surface area (Å²) in [5.41, 5.74) is 2.34. The van der Waals surface area contributed by atoms with Crippen LogP contribution in [0.1, 0.15) is 28.8 Å². The molecule has 1 aliphatic carbocycles. The molecule has 2 aliphatic rings. The first kappa shape index (κ1) is 20.2. The number of hydrogen-bond donors (Lipinski definition) is 2. The van der Waals surface area contributed by atoms with Crippen LogP contribution in [0.5, 0.6) is 0 Å². The fourth-order valence-corrected chi connectivity index (χ4v) is 4.46. The van der Waals surface area contributed by atoms with Gasteiger partial charge in [-0.1, -0.05) is 24.3 Å². The zero-order chi connectivity index (χ0) is 21.3. The number of urea groups is 1. The van der Waals surface area contributed by atoms with E-state index in [1.54, 1.807) is 41.3 Å². The molecule has 4 rings (SSSR count). The predicted molar refractivity (Wildman–Crippen MR) is 115 cm³/mol. The van der Waals surface area contributed by atoms with Gasteiger partial charge in [-0.15, -0.1) is 0 Å². The highest BCUT2D eigenvalue weighted by atomic mass is 32.2. The summed E-state index contributed by atoms with van der Waals surface area (Å²) in [6, 6.07) is 13.9. The van der Waals surface area contributed by atoms with E-state index in [4.69, 9.17) is 0 Å². The molecule has 1 fully saturated rings. The molecule has 1 heterocycles. The third kappa shape index (κ3) is 4.56. The van der Waals surface area contributed by atoms with Gasteiger partial charge in [0.05, 0.1) is 18.5 Å². The first-order chi connectivity index (χ1) is 14.3. The summed E-state index contributed by atoms with van der Waals surface area (Å²) in [6.07, 6.45) is 3.16. The molecular weight excluding hydrogens is 404 g/mol. The molecule has 30 heavy (non-hydrogen) atoms. The minimum absolute atomic E-state index is 0.184. The molecule has 2 aromatic carbocycles. The molecule has 158 valence electrons. The van der Waals surface area contributed by atoms with Gasteiger partial charge in [-0.3, -0.25) is 9.10 Å². The van der Waals surface area contributed by atoms with Gasteiger partial charge in [-0.05, 0) is 42.7 Å². The van der Waals surface area contributed by atoms with Crippen LogP contribution in [0.15, 0.2) is 48.5 Å². The van der Waals surface area contributed by atoms with Crippen molar-refractivity contribution in [2.24, 2.45) is 0 Å². The highest BCUT2D eigenvalue weighted by molar-refractivity contribution is 7.92. The summed E-state index contributed by atoms with van der Waals surface area (Å²) in [7, 11) is -3.46. The number of carbonyl (C=O) groups excluding carboxylic acids is 2. The number of para-hydroxylation sites is 1. The van der Waals surface area contributed by atoms with Crippen LogP contribution >= 0.6 is 0 Å². The Kier molecular flexibility index (Phi) is 5.38. The van der Waals surface area contributed by atoms with E-state index in [0.29, 0.717) is 23.5 Å². The minimum Gasteiger partial charge on any atom is -0.335 e. The van der Waals surface area contributed by atoms with Gasteiger partial charge >= 0.3 is 6.03 Å². The lowest BCUT2D eigenvalue weighted by molar-refractivity contribution is 0.0752. The third-order valence-electron chi connectivity index (χ3n) is 5.16. The molecule has 1 saturated carbocycles. The number of nitrogens with zero attached hydrogens (tertiary/aromatic N) is 2. The molecule has 3 amide bonds. The van der Waals surface area contributed by atoms with Crippen LogP contribution in [0.2, 0.25) is 0 Å². The van der Waals surface area contributed by atoms with E-state index >= 15 is 0 Å². The molecule has 2 N–H and O–H groups in total. The second-order valence-corrected chi connectivity index (χ2v) is 9.55. The van der Waals surface area contributed by atoms with E-state index in [-0.39, 0.29) is 31.1 Å². The molecule has 9 heteroatoms. The van der Waals surface area contributed by atoms with Crippen LogP contribution in [0.4, 0.5) is 16.2 Å². The number of fused-ring (bicyclic) bond motifs is 1. The van der Waals surface area contributed by atoms with Crippen LogP contribution < -0.4 is 14.9 Å². The Morgan fingerprint density at radius 1 is 1.03 bits per heavy atom. The highest BCUT2D eigenvalue weighted by Crippen LogP contribution is 2.28. The first-order valence-corrected chi connectivity index (χ1v) is 11.7. The molecule has 0 atom stereocenters. The number of anilines is 2. The Hall–Kier alpha value is -3.07. The van der Waals surface area contributed by atoms with E-state index in [9.17, 15) is 18.0 Å². The number of nitrogens with one attached hydrogen (secondary N) is 2. The van der Waals surface area contributed by atoms with Gasteiger partial charge in [0.15, 0.2) is 0 Å². The van der Waals surface area contributed by atoms with Crippen molar-refractivity contribution >= 4 is 33.3 Å². The van der Waals surface area contributed by atoms with Crippen LogP contribution in [0, 0.1) is 0 Å². The van der Waals surface area contributed by atoms with Gasteiger partial charge in [-0.25, -0.2) is 13.2 Å². The Morgan fingerprint density at radius 3 is 2.53 bits per heavy atom. The molecule has 0 unspecified atom stereocenters. The lowest BCUT2D eigenvalue weighted by Crippen LogP contribution is -2.37. The summed E-state index contributed by atoms with van der Waals surface area (Å²) >= 11 is 0. The van der Waals surface area contributed by atoms with Crippen molar-refractivity contribution in [3.05, 3.63) is 59.7 Å². The second-order valence-electron chi connectivity index (χ2n) is 7.64. The van der Waals surface area contributed by atoms with Gasteiger partial charge < -0.3 is 15.5 Å². The SMILES string of the molecule is CS(=O)(=O)N1CCN(C(=O)c2cccc(NC(=O)NC3CC3)c2)Cc2ccccc21. The van der Waals surface area contributed by atoms with Gasteiger partial charge in [-0.2, -0.15) is 0 Å². The topological polar surface area (TPSA) is 98.8 Å². The molecule has 8 nitrogen and oxygen atoms in total. The zero-order valence-electron chi connectivity index (χ0n) is 16.7. The maximum atomic E-state index is 13.2. The Morgan fingerprint density at radius 2 is 1.80 bits per heavy atom. The largest absolute Gasteiger partial charge is 0.335 e. The summed E-state index contributed by atoms with van der Waals surface area (Å²) in [6.45, 7) is 0.755. The van der Waals surface area contributed by atoms with E-state index < -0.39 is 10.0 Å². The number of benzene rings is 2. The minimum atomic E-state index is -3.46. The summed E-state index contributed by atoms with van der Waals surface area (Å²) in [4.78, 5) is 26.8. The molecule has 0 aromatic heterocycles. The van der Waals surface area contributed by atoms with Gasteiger partial charge in [0.25, 0.3) is 5.91 Å². The maximum Gasteiger partial charge on any atom is 0.319 e. The lowest BCUT2D eigenvalue weighted by atomic mass is 10.1. The lowest BCUT2D eigenvalue weighted by Gasteiger charge is -2.22. The molecule has 0 spiro atoms. The Labute approximate surface area is 175 Å². The van der Waals surface area contributed by atoms with Gasteiger partial charge in [0.1, 0.15) is 0 Å². The molecule has 0 radical (unpaired) electrons. The Bertz CT molecular complexity index is 1080. The molecule has 0 saturated heterocycles. The fraction of sp³-hybridized carbons (Fsp3) is 0.333. The average molecular weight is 429 g/mol. The van der Waals surface area contributed by atoms with E-state index in [0.717, 1.165) is 18.4 Å². The first-order valence-electron chi connectivity index (χ1n) is 9.84. The average Bonchev–Trinajstić information content (AvgIpc) is 3.52. The van der Waals surface area contributed by atoms with Crippen molar-refractivity contribution < 1.29 is 18.0 Å². The van der Waals surface area contributed by atoms with Crippen molar-refractivity contribution in [3.8, 4) is 0 Å². The van der Waals surface area contributed by atoms with Crippen LogP contribution in [-0.2, 0) is 16.6 Å². The standard InChI is InChI=1S/C21H24N4O4S/c1-30(28,29)25-12-11-24(14-16-5-2-3-8-19(16)25)20(26)15-6-4-7-18(13-15)23-21(27)22-17-9-10-17/h2-8,13,17H,9-12,14H2,1H3,(H2,22,23,27). The normalized spacial score (nSPS) is 16.4. The van der Waals surface area contributed by atoms with Crippen molar-refractivity contribution in [2.45, 2.75) is 25.4 Å². The van der Waals surface area contributed by atoms with E-state index in [1.807, 2.05) is 12.1 Å². The zero-order valence-corrected chi connectivity index (χ0v) is 17.5. The quantitative estimate of drug-likeness (QED) is 0.781. The smallest absolute Gasteiger partial charge is 0.319 e. The molecular formula is C21H24N4O4S. The number of carbonyl (C=O) groups is 2. The molecule has 1 aliphatic heterocycles. The molecule has 2 aromatic rings. The summed E-state index contributed by atoms with van der Waals surface area (Å²) in [5.74, 6) is -0.216. The monoisotopic (exact) mass is 428 g/mol. The van der Waals surface area contributed by atoms with Crippen LogP contribution in [-0.4, -0.2) is 50.6 Å². The van der Waals surface area contributed by atoms with E-state index in [1.165, 1.54) is 10.6 Å². The van der Waals surface area contributed by atoms with Crippen molar-refractivity contribution in [3.63, 3.8) is 0 Å². The predicted octanol–water partition coefficient (Wildman–Crippen LogP) is 2.39. The van der Waals surface area contributed by atoms with Crippen LogP contribution in [0.3, 0.4) is 0 Å². The second kappa shape index (κ2) is 7.98. The Balaban J connectivity index is 1.54. The van der Waals surface area contributed by atoms with Crippen molar-refractivity contribution in [1.82, 2.24) is 10.2 Å². The summed E-state index contributed by atoms with van der Waals surface area (Å²) < 4.78 is 25.8. The summed E-state index contributed by atoms with van der Waals surface area (Å²) in [5, 5.41) is 5.60. The number of sulfonamides is 1. The maximum absolute atomic E-state index is 13.2. The number of hydrogen-bond acceptors (Lipinski definition) is 4. The van der Waals surface area contributed by atoms with Gasteiger partial charge in [0, 0.05) is 30.4 Å². The molecule has 0 bridgehead atoms. The van der Waals surface area contributed by atoms with E-state index in [2.05, 4.69) is 10.6 Å².